The first-order valence-corrected chi connectivity index (χ1v) is 14.2. The highest BCUT2D eigenvalue weighted by molar-refractivity contribution is 5.67. The highest BCUT2D eigenvalue weighted by atomic mass is 16.6. The second-order valence-electron chi connectivity index (χ2n) is 7.63. The van der Waals surface area contributed by atoms with Crippen molar-refractivity contribution in [3.05, 3.63) is 60.8 Å². The number of carbonyl (C=O) groups excluding carboxylic acids is 3. The van der Waals surface area contributed by atoms with Gasteiger partial charge in [0.15, 0.2) is 6.10 Å². The number of rotatable bonds is 13. The van der Waals surface area contributed by atoms with Crippen molar-refractivity contribution in [2.24, 2.45) is 0 Å². The summed E-state index contributed by atoms with van der Waals surface area (Å²) in [6.07, 6.45) is 27.7. The molecule has 0 saturated carbocycles. The van der Waals surface area contributed by atoms with Gasteiger partial charge in [0.05, 0.1) is 0 Å². The van der Waals surface area contributed by atoms with Crippen molar-refractivity contribution in [3.63, 3.8) is 0 Å². The van der Waals surface area contributed by atoms with Gasteiger partial charge in [-0.15, -0.1) is 0 Å². The molecule has 0 radical (unpaired) electrons. The van der Waals surface area contributed by atoms with Gasteiger partial charge in [0.25, 0.3) is 0 Å². The molecular weight excluding hydrogens is 492 g/mol. The lowest BCUT2D eigenvalue weighted by Crippen LogP contribution is -2.29. The predicted octanol–water partition coefficient (Wildman–Crippen LogP) is 9.27. The molecule has 6 heteroatoms. The fraction of sp³-hybridized carbons (Fsp3) is 0.606. The van der Waals surface area contributed by atoms with Crippen molar-refractivity contribution < 1.29 is 28.6 Å². The second-order valence-corrected chi connectivity index (χ2v) is 7.63. The van der Waals surface area contributed by atoms with Gasteiger partial charge in [-0.25, -0.2) is 0 Å². The Morgan fingerprint density at radius 1 is 0.564 bits per heavy atom. The van der Waals surface area contributed by atoms with Gasteiger partial charge in [-0.2, -0.15) is 0 Å². The zero-order chi connectivity index (χ0) is 31.2. The maximum absolute atomic E-state index is 10.6. The van der Waals surface area contributed by atoms with Crippen LogP contribution in [0.4, 0.5) is 0 Å². The van der Waals surface area contributed by atoms with Crippen LogP contribution in [0, 0.1) is 0 Å². The van der Waals surface area contributed by atoms with E-state index in [2.05, 4.69) is 91.0 Å². The second kappa shape index (κ2) is 45.1. The van der Waals surface area contributed by atoms with Crippen molar-refractivity contribution in [2.75, 3.05) is 13.2 Å². The van der Waals surface area contributed by atoms with E-state index in [1.807, 2.05) is 34.6 Å². The van der Waals surface area contributed by atoms with Gasteiger partial charge < -0.3 is 14.2 Å². The molecule has 0 heterocycles. The van der Waals surface area contributed by atoms with Crippen LogP contribution in [-0.4, -0.2) is 37.2 Å². The highest BCUT2D eigenvalue weighted by Crippen LogP contribution is 1.97. The van der Waals surface area contributed by atoms with E-state index in [9.17, 15) is 14.4 Å². The Labute approximate surface area is 241 Å². The molecule has 39 heavy (non-hydrogen) atoms. The molecule has 228 valence electrons. The Hall–Kier alpha value is -2.89. The molecule has 0 aliphatic carbocycles. The van der Waals surface area contributed by atoms with Gasteiger partial charge in [-0.3, -0.25) is 14.4 Å². The summed E-state index contributed by atoms with van der Waals surface area (Å²) < 4.78 is 14.0. The number of carbonyl (C=O) groups is 3. The van der Waals surface area contributed by atoms with Crippen LogP contribution < -0.4 is 0 Å². The molecule has 0 aromatic carbocycles. The minimum absolute atomic E-state index is 0.123. The van der Waals surface area contributed by atoms with Gasteiger partial charge in [0, 0.05) is 20.8 Å². The largest absolute Gasteiger partial charge is 0.462 e. The lowest BCUT2D eigenvalue weighted by Gasteiger charge is -2.15. The van der Waals surface area contributed by atoms with Crippen LogP contribution in [0.2, 0.25) is 0 Å². The van der Waals surface area contributed by atoms with E-state index in [0.29, 0.717) is 0 Å². The Balaban J connectivity index is -0.000000138. The average Bonchev–Trinajstić information content (AvgIpc) is 2.91. The summed E-state index contributed by atoms with van der Waals surface area (Å²) >= 11 is 0. The number of ether oxygens (including phenoxy) is 3. The van der Waals surface area contributed by atoms with Crippen LogP contribution in [0.15, 0.2) is 60.8 Å². The first kappa shape index (κ1) is 46.0. The van der Waals surface area contributed by atoms with Crippen molar-refractivity contribution >= 4 is 17.9 Å². The van der Waals surface area contributed by atoms with Crippen LogP contribution >= 0.6 is 0 Å². The summed E-state index contributed by atoms with van der Waals surface area (Å²) in [5.41, 5.74) is 0. The molecule has 0 aliphatic rings. The number of unbranched alkanes of at least 4 members (excludes halogenated alkanes) is 2. The lowest BCUT2D eigenvalue weighted by molar-refractivity contribution is -0.163. The highest BCUT2D eigenvalue weighted by Gasteiger charge is 2.15. The molecule has 0 fully saturated rings. The summed E-state index contributed by atoms with van der Waals surface area (Å²) in [6.45, 7) is 20.0. The molecule has 0 unspecified atom stereocenters. The number of esters is 3. The van der Waals surface area contributed by atoms with Gasteiger partial charge in [0.2, 0.25) is 0 Å². The van der Waals surface area contributed by atoms with Gasteiger partial charge in [0.1, 0.15) is 13.2 Å². The molecule has 6 nitrogen and oxygen atoms in total. The van der Waals surface area contributed by atoms with E-state index in [-0.39, 0.29) is 13.2 Å². The fourth-order valence-electron chi connectivity index (χ4n) is 2.05. The molecule has 0 spiro atoms. The Morgan fingerprint density at radius 3 is 1.21 bits per heavy atom. The van der Waals surface area contributed by atoms with Crippen LogP contribution in [0.25, 0.3) is 0 Å². The third-order valence-corrected chi connectivity index (χ3v) is 3.84. The molecule has 0 aromatic rings. The molecule has 0 amide bonds. The Morgan fingerprint density at radius 2 is 0.923 bits per heavy atom. The summed E-state index contributed by atoms with van der Waals surface area (Å²) in [5, 5.41) is 0. The quantitative estimate of drug-likeness (QED) is 0.129. The Bertz CT molecular complexity index is 629. The molecule has 0 bridgehead atoms. The van der Waals surface area contributed by atoms with Gasteiger partial charge >= 0.3 is 17.9 Å². The van der Waals surface area contributed by atoms with Crippen LogP contribution in [0.1, 0.15) is 115 Å². The van der Waals surface area contributed by atoms with Crippen molar-refractivity contribution in [2.45, 2.75) is 121 Å². The maximum atomic E-state index is 10.6. The topological polar surface area (TPSA) is 78.9 Å². The van der Waals surface area contributed by atoms with Crippen LogP contribution in [-0.2, 0) is 28.6 Å². The summed E-state index contributed by atoms with van der Waals surface area (Å²) in [5.74, 6) is -1.51. The monoisotopic (exact) mass is 552 g/mol. The zero-order valence-corrected chi connectivity index (χ0v) is 27.0. The number of hydrogen-bond acceptors (Lipinski definition) is 6. The van der Waals surface area contributed by atoms with E-state index in [1.165, 1.54) is 46.5 Å². The van der Waals surface area contributed by atoms with E-state index in [1.54, 1.807) is 0 Å². The summed E-state index contributed by atoms with van der Waals surface area (Å²) in [7, 11) is 0. The summed E-state index contributed by atoms with van der Waals surface area (Å²) in [6, 6.07) is 0. The van der Waals surface area contributed by atoms with Gasteiger partial charge in [-0.05, 0) is 53.4 Å². The smallest absolute Gasteiger partial charge is 0.303 e. The van der Waals surface area contributed by atoms with Crippen molar-refractivity contribution in [3.8, 4) is 0 Å². The van der Waals surface area contributed by atoms with Gasteiger partial charge in [-0.1, -0.05) is 101 Å². The van der Waals surface area contributed by atoms with E-state index < -0.39 is 24.0 Å². The SMILES string of the molecule is C/C=C\C/C=C\C.C/C=C\C/C=C\CCC.C/C=C\CCC.CC.CC(=O)OCC(COC(C)=O)OC(C)=O. The first-order chi connectivity index (χ1) is 18.7. The van der Waals surface area contributed by atoms with Crippen molar-refractivity contribution in [1.29, 1.82) is 0 Å². The predicted molar refractivity (Wildman–Crippen MR) is 168 cm³/mol. The third kappa shape index (κ3) is 66.2. The fourth-order valence-corrected chi connectivity index (χ4v) is 2.05. The third-order valence-electron chi connectivity index (χ3n) is 3.84. The average molecular weight is 553 g/mol. The standard InChI is InChI=1S/C9H14O6.C9H16.C7H12.C6H12.C2H6/c1-6(10)13-4-9(15-8(3)12)5-14-7(2)11;1-3-5-7-9-8-6-4-2;1-3-5-7-6-4-2;1-3-5-6-4-2;1-2/h9H,4-5H2,1-3H3;3,5,8-9H,4,6-7H2,1-2H3;3-6H,7H2,1-2H3;3,5H,4,6H2,1-2H3;1-2H3/b;5-3-,9-8-;5-3-,6-4-;5-3-;. The van der Waals surface area contributed by atoms with E-state index in [4.69, 9.17) is 4.74 Å². The number of allylic oxidation sites excluding steroid dienone is 10. The zero-order valence-electron chi connectivity index (χ0n) is 27.0. The Kier molecular flexibility index (Phi) is 53.1. The van der Waals surface area contributed by atoms with Crippen molar-refractivity contribution in [1.82, 2.24) is 0 Å². The molecule has 0 atom stereocenters. The summed E-state index contributed by atoms with van der Waals surface area (Å²) in [4.78, 5) is 31.6. The molecule has 0 rings (SSSR count). The lowest BCUT2D eigenvalue weighted by atomic mass is 10.3. The molecule has 0 saturated heterocycles. The van der Waals surface area contributed by atoms with E-state index >= 15 is 0 Å². The molecule has 0 aromatic heterocycles. The minimum atomic E-state index is -0.754. The molecular formula is C33H60O6. The minimum Gasteiger partial charge on any atom is -0.462 e. The first-order valence-electron chi connectivity index (χ1n) is 14.2. The van der Waals surface area contributed by atoms with E-state index in [0.717, 1.165) is 12.8 Å². The normalized spacial score (nSPS) is 10.3. The maximum Gasteiger partial charge on any atom is 0.303 e. The molecule has 0 aliphatic heterocycles. The number of hydrogen-bond donors (Lipinski definition) is 0. The van der Waals surface area contributed by atoms with Crippen LogP contribution in [0.5, 0.6) is 0 Å². The van der Waals surface area contributed by atoms with Crippen LogP contribution in [0.3, 0.4) is 0 Å². The molecule has 0 N–H and O–H groups in total.